The van der Waals surface area contributed by atoms with Gasteiger partial charge in [0.2, 0.25) is 0 Å². The van der Waals surface area contributed by atoms with E-state index < -0.39 is 0 Å². The van der Waals surface area contributed by atoms with Crippen molar-refractivity contribution in [3.63, 3.8) is 0 Å². The standard InChI is InChI=1S/C8H7N4.CH2O2.Na/c9-8-3-5-12(11-8)7-2-1-4-10-6-7;2-1-3;/h1-2,4-6H,(H2,9,11);1H,(H,2,3);. The molecule has 0 spiro atoms. The molecule has 0 amide bonds. The number of carboxylic acid groups (broad SMARTS) is 1. The zero-order valence-corrected chi connectivity index (χ0v) is 10.7. The molecular weight excluding hydrogens is 219 g/mol. The summed E-state index contributed by atoms with van der Waals surface area (Å²) in [5, 5.41) is 11.1. The molecule has 0 unspecified atom stereocenters. The Bertz CT molecular complexity index is 438. The van der Waals surface area contributed by atoms with Crippen molar-refractivity contribution in [2.75, 3.05) is 5.73 Å². The van der Waals surface area contributed by atoms with Gasteiger partial charge in [0, 0.05) is 0 Å². The molecule has 2 aromatic rings. The number of rotatable bonds is 1. The van der Waals surface area contributed by atoms with Gasteiger partial charge in [-0.3, -0.25) is 4.79 Å². The third-order valence-corrected chi connectivity index (χ3v) is 2.62. The number of pyridine rings is 1. The average Bonchev–Trinajstić information content (AvgIpc) is 2.62. The summed E-state index contributed by atoms with van der Waals surface area (Å²) in [7, 11) is 0. The molecule has 0 aliphatic carbocycles. The molecule has 0 radical (unpaired) electrons. The zero-order valence-electron chi connectivity index (χ0n) is 8.74. The fourth-order valence-corrected chi connectivity index (χ4v) is 1.44. The molecule has 2 aromatic heterocycles. The molecular formula is C9H9N4NaO2. The number of anilines is 1. The van der Waals surface area contributed by atoms with Crippen molar-refractivity contribution in [3.8, 4) is 5.69 Å². The molecule has 16 heavy (non-hydrogen) atoms. The third-order valence-electron chi connectivity index (χ3n) is 1.85. The van der Waals surface area contributed by atoms with Crippen LogP contribution in [0.2, 0.25) is 0 Å². The first-order valence-electron chi connectivity index (χ1n) is 4.49. The third kappa shape index (κ3) is 3.34. The molecule has 0 fully saturated rings. The Morgan fingerprint density at radius 2 is 2.25 bits per heavy atom. The van der Waals surface area contributed by atoms with Crippen LogP contribution in [0.25, 0.3) is 5.69 Å². The van der Waals surface area contributed by atoms with Crippen LogP contribution in [-0.2, 0) is 4.79 Å². The molecule has 0 aromatic carbocycles. The quantitative estimate of drug-likeness (QED) is 0.499. The van der Waals surface area contributed by atoms with Crippen molar-refractivity contribution >= 4 is 43.0 Å². The second kappa shape index (κ2) is 6.26. The first-order chi connectivity index (χ1) is 7.69. The summed E-state index contributed by atoms with van der Waals surface area (Å²) in [6, 6.07) is 3.82. The molecule has 2 heterocycles. The Morgan fingerprint density at radius 1 is 1.56 bits per heavy atom. The minimum absolute atomic E-state index is 0.250. The minimum atomic E-state index is -0.250. The van der Waals surface area contributed by atoms with Crippen LogP contribution in [0.15, 0.2) is 30.7 Å². The van der Waals surface area contributed by atoms with Crippen LogP contribution in [0, 0.1) is 0 Å². The van der Waals surface area contributed by atoms with Gasteiger partial charge in [0.1, 0.15) is 0 Å². The summed E-state index contributed by atoms with van der Waals surface area (Å²) in [4.78, 5) is 12.4. The number of aromatic nitrogens is 3. The van der Waals surface area contributed by atoms with Gasteiger partial charge in [-0.05, 0) is 0 Å². The van der Waals surface area contributed by atoms with Crippen LogP contribution in [0.3, 0.4) is 0 Å². The van der Waals surface area contributed by atoms with Gasteiger partial charge in [0.25, 0.3) is 6.47 Å². The van der Waals surface area contributed by atoms with Crippen LogP contribution in [0.4, 0.5) is 5.82 Å². The zero-order chi connectivity index (χ0) is 12.0. The van der Waals surface area contributed by atoms with Gasteiger partial charge in [-0.25, -0.2) is 0 Å². The summed E-state index contributed by atoms with van der Waals surface area (Å²) in [5.74, 6) is 0.621. The van der Waals surface area contributed by atoms with E-state index in [2.05, 4.69) is 10.1 Å². The summed E-state index contributed by atoms with van der Waals surface area (Å²) < 4.78 is 2.87. The number of nitrogens with zero attached hydrogens (tertiary/aromatic N) is 3. The van der Waals surface area contributed by atoms with E-state index in [0.29, 0.717) is 5.82 Å². The normalized spacial score (nSPS) is 9.12. The largest absolute Gasteiger partial charge is 0.483 e. The Labute approximate surface area is 110 Å². The SMILES string of the molecule is Nc1nn(-c2cccnc2)c[c]1[Na].O=CO. The second-order valence-electron chi connectivity index (χ2n) is 2.96. The molecule has 3 N–H and O–H groups in total. The number of hydrogen-bond acceptors (Lipinski definition) is 4. The first-order valence-corrected chi connectivity index (χ1v) is 5.49. The molecule has 6 nitrogen and oxygen atoms in total. The van der Waals surface area contributed by atoms with E-state index in [4.69, 9.17) is 15.6 Å². The maximum atomic E-state index is 8.36. The molecule has 0 aliphatic heterocycles. The Hall–Kier alpha value is -1.37. The minimum Gasteiger partial charge on any atom is -0.483 e. The van der Waals surface area contributed by atoms with Crippen molar-refractivity contribution in [2.24, 2.45) is 0 Å². The van der Waals surface area contributed by atoms with Crippen LogP contribution in [0.5, 0.6) is 0 Å². The van der Waals surface area contributed by atoms with Crippen molar-refractivity contribution in [1.82, 2.24) is 14.8 Å². The number of carbonyl (C=O) groups is 1. The van der Waals surface area contributed by atoms with Crippen LogP contribution in [-0.4, -0.2) is 54.3 Å². The Balaban J connectivity index is 0.000000386. The van der Waals surface area contributed by atoms with E-state index in [0.717, 1.165) is 36.4 Å². The summed E-state index contributed by atoms with van der Waals surface area (Å²) in [5.41, 5.74) is 6.60. The average molecular weight is 228 g/mol. The van der Waals surface area contributed by atoms with Gasteiger partial charge >= 0.3 is 93.5 Å². The van der Waals surface area contributed by atoms with Crippen molar-refractivity contribution in [1.29, 1.82) is 0 Å². The van der Waals surface area contributed by atoms with Crippen molar-refractivity contribution < 1.29 is 9.90 Å². The van der Waals surface area contributed by atoms with E-state index in [1.165, 1.54) is 0 Å². The number of hydrogen-bond donors (Lipinski definition) is 2. The second-order valence-corrected chi connectivity index (χ2v) is 4.04. The fourth-order valence-electron chi connectivity index (χ4n) is 1.09. The monoisotopic (exact) mass is 228 g/mol. The van der Waals surface area contributed by atoms with Crippen LogP contribution < -0.4 is 8.55 Å². The Morgan fingerprint density at radius 3 is 2.69 bits per heavy atom. The van der Waals surface area contributed by atoms with E-state index in [1.807, 2.05) is 18.3 Å². The van der Waals surface area contributed by atoms with Gasteiger partial charge in [-0.1, -0.05) is 0 Å². The summed E-state index contributed by atoms with van der Waals surface area (Å²) in [6.45, 7) is -0.250. The van der Waals surface area contributed by atoms with Gasteiger partial charge in [-0.2, -0.15) is 0 Å². The maximum absolute atomic E-state index is 8.36. The van der Waals surface area contributed by atoms with Crippen molar-refractivity contribution in [2.45, 2.75) is 0 Å². The van der Waals surface area contributed by atoms with Gasteiger partial charge in [0.05, 0.1) is 0 Å². The van der Waals surface area contributed by atoms with Crippen molar-refractivity contribution in [3.05, 3.63) is 30.7 Å². The van der Waals surface area contributed by atoms with E-state index in [1.54, 1.807) is 17.1 Å². The van der Waals surface area contributed by atoms with Crippen LogP contribution in [0.1, 0.15) is 0 Å². The molecule has 2 rings (SSSR count). The van der Waals surface area contributed by atoms with Gasteiger partial charge in [-0.15, -0.1) is 0 Å². The molecule has 0 saturated heterocycles. The van der Waals surface area contributed by atoms with Gasteiger partial charge in [0.15, 0.2) is 0 Å². The van der Waals surface area contributed by atoms with Crippen LogP contribution >= 0.6 is 0 Å². The molecule has 0 bridgehead atoms. The molecule has 0 saturated carbocycles. The topological polar surface area (TPSA) is 94.0 Å². The first kappa shape index (κ1) is 12.7. The van der Waals surface area contributed by atoms with Gasteiger partial charge < -0.3 is 5.11 Å². The van der Waals surface area contributed by atoms with E-state index in [-0.39, 0.29) is 6.47 Å². The summed E-state index contributed by atoms with van der Waals surface area (Å²) in [6.07, 6.45) is 5.43. The molecule has 0 aliphatic rings. The molecule has 0 atom stereocenters. The maximum Gasteiger partial charge on any atom is 0.290 e. The summed E-state index contributed by atoms with van der Waals surface area (Å²) >= 11 is 0.919. The van der Waals surface area contributed by atoms with E-state index in [9.17, 15) is 0 Å². The number of nitrogens with two attached hydrogens (primary N) is 1. The molecule has 78 valence electrons. The predicted molar refractivity (Wildman–Crippen MR) is 59.9 cm³/mol. The fraction of sp³-hybridized carbons (Fsp3) is 0. The smallest absolute Gasteiger partial charge is 0.290 e. The predicted octanol–water partition coefficient (Wildman–Crippen LogP) is -0.656. The van der Waals surface area contributed by atoms with E-state index >= 15 is 0 Å². The number of nitrogen functional groups attached to an aromatic ring is 1. The molecule has 7 heteroatoms. The Kier molecular flexibility index (Phi) is 4.97.